The van der Waals surface area contributed by atoms with Gasteiger partial charge < -0.3 is 15.2 Å². The van der Waals surface area contributed by atoms with Gasteiger partial charge in [-0.25, -0.2) is 9.97 Å². The van der Waals surface area contributed by atoms with Crippen LogP contribution in [0, 0.1) is 0 Å². The maximum Gasteiger partial charge on any atom is 0.162 e. The van der Waals surface area contributed by atoms with Crippen molar-refractivity contribution >= 4 is 21.7 Å². The Morgan fingerprint density at radius 2 is 2.00 bits per heavy atom. The van der Waals surface area contributed by atoms with Gasteiger partial charge in [-0.2, -0.15) is 0 Å². The summed E-state index contributed by atoms with van der Waals surface area (Å²) in [6.07, 6.45) is 0.772. The van der Waals surface area contributed by atoms with Crippen LogP contribution in [0.15, 0.2) is 4.47 Å². The Morgan fingerprint density at radius 3 is 2.50 bits per heavy atom. The average molecular weight is 318 g/mol. The smallest absolute Gasteiger partial charge is 0.162 e. The van der Waals surface area contributed by atoms with E-state index in [4.69, 9.17) is 15.2 Å². The first-order valence-corrected chi connectivity index (χ1v) is 6.73. The van der Waals surface area contributed by atoms with Crippen LogP contribution in [-0.2, 0) is 21.7 Å². The summed E-state index contributed by atoms with van der Waals surface area (Å²) in [5.41, 5.74) is 6.10. The van der Waals surface area contributed by atoms with E-state index in [0.717, 1.165) is 12.1 Å². The third-order valence-corrected chi connectivity index (χ3v) is 3.70. The summed E-state index contributed by atoms with van der Waals surface area (Å²) < 4.78 is 11.5. The van der Waals surface area contributed by atoms with Crippen LogP contribution in [0.4, 0.5) is 5.82 Å². The van der Waals surface area contributed by atoms with Crippen LogP contribution in [0.25, 0.3) is 0 Å². The zero-order chi connectivity index (χ0) is 13.8. The molecule has 0 aliphatic heterocycles. The maximum absolute atomic E-state index is 5.89. The van der Waals surface area contributed by atoms with Gasteiger partial charge in [0.15, 0.2) is 5.82 Å². The Hall–Kier alpha value is -0.720. The van der Waals surface area contributed by atoms with Crippen LogP contribution in [-0.4, -0.2) is 23.7 Å². The number of methoxy groups -OCH3 is 1. The fourth-order valence-electron chi connectivity index (χ4n) is 1.63. The van der Waals surface area contributed by atoms with E-state index in [9.17, 15) is 0 Å². The van der Waals surface area contributed by atoms with Crippen molar-refractivity contribution < 1.29 is 9.47 Å². The van der Waals surface area contributed by atoms with Crippen molar-refractivity contribution in [2.75, 3.05) is 19.5 Å². The van der Waals surface area contributed by atoms with Gasteiger partial charge in [0.25, 0.3) is 0 Å². The molecule has 18 heavy (non-hydrogen) atoms. The van der Waals surface area contributed by atoms with Crippen molar-refractivity contribution in [2.45, 2.75) is 39.4 Å². The zero-order valence-corrected chi connectivity index (χ0v) is 12.9. The summed E-state index contributed by atoms with van der Waals surface area (Å²) in [7, 11) is 1.62. The highest BCUT2D eigenvalue weighted by atomic mass is 79.9. The molecule has 0 amide bonds. The molecule has 102 valence electrons. The maximum atomic E-state index is 5.89. The lowest BCUT2D eigenvalue weighted by Gasteiger charge is -2.27. The number of nitrogens with two attached hydrogens (primary N) is 1. The van der Waals surface area contributed by atoms with Crippen LogP contribution < -0.4 is 5.73 Å². The number of anilines is 1. The summed E-state index contributed by atoms with van der Waals surface area (Å²) >= 11 is 3.37. The van der Waals surface area contributed by atoms with E-state index in [1.807, 2.05) is 20.8 Å². The lowest BCUT2D eigenvalue weighted by molar-refractivity contribution is -0.0392. The van der Waals surface area contributed by atoms with Crippen molar-refractivity contribution in [3.05, 3.63) is 16.0 Å². The lowest BCUT2D eigenvalue weighted by atomic mass is 10.0. The third kappa shape index (κ3) is 3.18. The molecule has 1 aromatic heterocycles. The summed E-state index contributed by atoms with van der Waals surface area (Å²) in [4.78, 5) is 8.81. The van der Waals surface area contributed by atoms with Gasteiger partial charge in [0, 0.05) is 13.7 Å². The molecule has 0 aliphatic carbocycles. The topological polar surface area (TPSA) is 70.3 Å². The van der Waals surface area contributed by atoms with Gasteiger partial charge in [-0.15, -0.1) is 0 Å². The molecule has 1 atom stereocenters. The molecular weight excluding hydrogens is 298 g/mol. The molecule has 0 saturated heterocycles. The fourth-order valence-corrected chi connectivity index (χ4v) is 1.92. The van der Waals surface area contributed by atoms with Gasteiger partial charge in [0.1, 0.15) is 11.4 Å². The number of hydrogen-bond acceptors (Lipinski definition) is 5. The zero-order valence-electron chi connectivity index (χ0n) is 11.3. The highest BCUT2D eigenvalue weighted by Gasteiger charge is 2.29. The second kappa shape index (κ2) is 6.45. The summed E-state index contributed by atoms with van der Waals surface area (Å²) in [5, 5.41) is 0. The van der Waals surface area contributed by atoms with Crippen molar-refractivity contribution in [3.63, 3.8) is 0 Å². The van der Waals surface area contributed by atoms with Crippen LogP contribution in [0.5, 0.6) is 0 Å². The first kappa shape index (κ1) is 15.3. The van der Waals surface area contributed by atoms with E-state index in [2.05, 4.69) is 25.9 Å². The monoisotopic (exact) mass is 317 g/mol. The molecule has 1 unspecified atom stereocenters. The Kier molecular flexibility index (Phi) is 5.49. The summed E-state index contributed by atoms with van der Waals surface area (Å²) in [6.45, 7) is 6.94. The van der Waals surface area contributed by atoms with E-state index in [-0.39, 0.29) is 0 Å². The predicted molar refractivity (Wildman–Crippen MR) is 74.1 cm³/mol. The normalized spacial score (nSPS) is 14.5. The minimum absolute atomic E-state index is 0.381. The van der Waals surface area contributed by atoms with E-state index in [1.165, 1.54) is 0 Å². The van der Waals surface area contributed by atoms with Crippen molar-refractivity contribution in [2.24, 2.45) is 0 Å². The first-order chi connectivity index (χ1) is 8.48. The standard InChI is InChI=1S/C12H20BrN3O2/c1-5-12(3,18-6-2)11-15-8(7-17-4)9(13)10(14)16-11/h5-7H2,1-4H3,(H2,14,15,16). The molecule has 1 heterocycles. The molecular formula is C12H20BrN3O2. The van der Waals surface area contributed by atoms with Gasteiger partial charge in [-0.3, -0.25) is 0 Å². The summed E-state index contributed by atoms with van der Waals surface area (Å²) in [6, 6.07) is 0. The largest absolute Gasteiger partial charge is 0.383 e. The number of nitrogen functional groups attached to an aromatic ring is 1. The fraction of sp³-hybridized carbons (Fsp3) is 0.667. The lowest BCUT2D eigenvalue weighted by Crippen LogP contribution is -2.29. The Bertz CT molecular complexity index is 415. The van der Waals surface area contributed by atoms with E-state index in [1.54, 1.807) is 7.11 Å². The minimum Gasteiger partial charge on any atom is -0.383 e. The highest BCUT2D eigenvalue weighted by molar-refractivity contribution is 9.10. The molecule has 5 nitrogen and oxygen atoms in total. The molecule has 0 bridgehead atoms. The SMILES string of the molecule is CCOC(C)(CC)c1nc(N)c(Br)c(COC)n1. The Balaban J connectivity index is 3.23. The van der Waals surface area contributed by atoms with Gasteiger partial charge >= 0.3 is 0 Å². The molecule has 1 rings (SSSR count). The van der Waals surface area contributed by atoms with Gasteiger partial charge in [0.2, 0.25) is 0 Å². The summed E-state index contributed by atoms with van der Waals surface area (Å²) in [5.74, 6) is 1.01. The van der Waals surface area contributed by atoms with Crippen LogP contribution in [0.2, 0.25) is 0 Å². The Labute approximate surface area is 116 Å². The van der Waals surface area contributed by atoms with E-state index >= 15 is 0 Å². The number of hydrogen-bond donors (Lipinski definition) is 1. The number of halogens is 1. The molecule has 0 aromatic carbocycles. The van der Waals surface area contributed by atoms with Crippen molar-refractivity contribution in [1.29, 1.82) is 0 Å². The quantitative estimate of drug-likeness (QED) is 0.873. The van der Waals surface area contributed by atoms with E-state index < -0.39 is 5.60 Å². The molecule has 6 heteroatoms. The van der Waals surface area contributed by atoms with Crippen molar-refractivity contribution in [3.8, 4) is 0 Å². The number of ether oxygens (including phenoxy) is 2. The van der Waals surface area contributed by atoms with Crippen LogP contribution in [0.3, 0.4) is 0 Å². The van der Waals surface area contributed by atoms with Gasteiger partial charge in [-0.1, -0.05) is 6.92 Å². The number of nitrogens with zero attached hydrogens (tertiary/aromatic N) is 2. The predicted octanol–water partition coefficient (Wildman–Crippen LogP) is 2.63. The number of aromatic nitrogens is 2. The first-order valence-electron chi connectivity index (χ1n) is 5.93. The van der Waals surface area contributed by atoms with Crippen LogP contribution >= 0.6 is 15.9 Å². The minimum atomic E-state index is -0.522. The molecule has 0 aliphatic rings. The third-order valence-electron chi connectivity index (χ3n) is 2.84. The molecule has 0 radical (unpaired) electrons. The molecule has 2 N–H and O–H groups in total. The van der Waals surface area contributed by atoms with E-state index in [0.29, 0.717) is 29.3 Å². The van der Waals surface area contributed by atoms with Gasteiger partial charge in [-0.05, 0) is 36.2 Å². The Morgan fingerprint density at radius 1 is 1.33 bits per heavy atom. The molecule has 1 aromatic rings. The van der Waals surface area contributed by atoms with Crippen LogP contribution in [0.1, 0.15) is 38.7 Å². The molecule has 0 fully saturated rings. The molecule has 0 saturated carbocycles. The van der Waals surface area contributed by atoms with Gasteiger partial charge in [0.05, 0.1) is 16.8 Å². The second-order valence-corrected chi connectivity index (χ2v) is 4.94. The number of rotatable bonds is 6. The molecule has 0 spiro atoms. The average Bonchev–Trinajstić information content (AvgIpc) is 2.35. The highest BCUT2D eigenvalue weighted by Crippen LogP contribution is 2.30. The second-order valence-electron chi connectivity index (χ2n) is 4.14. The van der Waals surface area contributed by atoms with Crippen molar-refractivity contribution in [1.82, 2.24) is 9.97 Å².